The first-order valence-corrected chi connectivity index (χ1v) is 11.0. The number of carbonyl (C=O) groups excluding carboxylic acids is 4. The van der Waals surface area contributed by atoms with Gasteiger partial charge in [0, 0.05) is 12.5 Å². The van der Waals surface area contributed by atoms with E-state index in [4.69, 9.17) is 9.84 Å². The van der Waals surface area contributed by atoms with Crippen LogP contribution in [0.1, 0.15) is 26.3 Å². The second kappa shape index (κ2) is 12.4. The summed E-state index contributed by atoms with van der Waals surface area (Å²) in [5, 5.41) is 28.0. The van der Waals surface area contributed by atoms with Gasteiger partial charge in [-0.1, -0.05) is 32.1 Å². The molecule has 4 amide bonds. The first-order valence-electron chi connectivity index (χ1n) is 11.0. The van der Waals surface area contributed by atoms with Crippen molar-refractivity contribution in [2.75, 3.05) is 6.61 Å². The van der Waals surface area contributed by atoms with Crippen LogP contribution in [0.5, 0.6) is 5.75 Å². The van der Waals surface area contributed by atoms with Gasteiger partial charge in [-0.25, -0.2) is 9.59 Å². The molecule has 35 heavy (non-hydrogen) atoms. The molecule has 1 unspecified atom stereocenters. The zero-order valence-corrected chi connectivity index (χ0v) is 19.6. The van der Waals surface area contributed by atoms with Crippen LogP contribution in [-0.2, 0) is 30.3 Å². The van der Waals surface area contributed by atoms with Crippen molar-refractivity contribution in [3.63, 3.8) is 0 Å². The highest BCUT2D eigenvalue weighted by atomic mass is 16.5. The Balaban J connectivity index is 2.28. The second-order valence-electron chi connectivity index (χ2n) is 8.44. The predicted molar refractivity (Wildman–Crippen MR) is 123 cm³/mol. The van der Waals surface area contributed by atoms with Crippen LogP contribution in [0.15, 0.2) is 36.4 Å². The van der Waals surface area contributed by atoms with Crippen molar-refractivity contribution in [2.24, 2.45) is 5.92 Å². The minimum absolute atomic E-state index is 0.0404. The van der Waals surface area contributed by atoms with Crippen LogP contribution in [-0.4, -0.2) is 70.8 Å². The number of carbonyl (C=O) groups is 5. The van der Waals surface area contributed by atoms with Crippen molar-refractivity contribution in [3.8, 4) is 5.75 Å². The van der Waals surface area contributed by atoms with Crippen LogP contribution in [0.4, 0.5) is 4.79 Å². The fourth-order valence-electron chi connectivity index (χ4n) is 3.24. The highest BCUT2D eigenvalue weighted by Crippen LogP contribution is 2.13. The fraction of sp³-hybridized carbons (Fsp3) is 0.435. The Labute approximate surface area is 202 Å². The summed E-state index contributed by atoms with van der Waals surface area (Å²) in [6.07, 6.45) is 1.06. The van der Waals surface area contributed by atoms with Gasteiger partial charge in [-0.2, -0.15) is 0 Å². The molecule has 1 heterocycles. The molecule has 12 nitrogen and oxygen atoms in total. The van der Waals surface area contributed by atoms with Gasteiger partial charge in [0.25, 0.3) is 0 Å². The number of cyclic esters (lactones) is 1. The zero-order valence-electron chi connectivity index (χ0n) is 19.6. The molecule has 1 aliphatic heterocycles. The van der Waals surface area contributed by atoms with Crippen molar-refractivity contribution in [3.05, 3.63) is 42.0 Å². The Morgan fingerprint density at radius 3 is 2.37 bits per heavy atom. The first-order chi connectivity index (χ1) is 16.5. The molecule has 1 aromatic carbocycles. The summed E-state index contributed by atoms with van der Waals surface area (Å²) in [4.78, 5) is 61.3. The average Bonchev–Trinajstić information content (AvgIpc) is 2.78. The lowest BCUT2D eigenvalue weighted by Gasteiger charge is -2.26. The van der Waals surface area contributed by atoms with Gasteiger partial charge in [0.2, 0.25) is 17.7 Å². The number of ether oxygens (including phenoxy) is 1. The van der Waals surface area contributed by atoms with Gasteiger partial charge >= 0.3 is 12.1 Å². The normalized spacial score (nSPS) is 23.0. The summed E-state index contributed by atoms with van der Waals surface area (Å²) >= 11 is 0. The third kappa shape index (κ3) is 8.65. The number of hydrogen-bond donors (Lipinski definition) is 6. The molecule has 2 rings (SSSR count). The quantitative estimate of drug-likeness (QED) is 0.297. The Kier molecular flexibility index (Phi) is 9.62. The van der Waals surface area contributed by atoms with Crippen LogP contribution in [0.25, 0.3) is 0 Å². The van der Waals surface area contributed by atoms with E-state index < -0.39 is 54.0 Å². The number of esters is 1. The number of phenolic OH excluding ortho intramolecular Hbond substituents is 1. The minimum atomic E-state index is -1.39. The van der Waals surface area contributed by atoms with E-state index in [1.54, 1.807) is 26.0 Å². The minimum Gasteiger partial charge on any atom is -0.508 e. The first kappa shape index (κ1) is 27.2. The molecule has 1 aliphatic rings. The Morgan fingerprint density at radius 1 is 1.11 bits per heavy atom. The number of benzene rings is 1. The highest BCUT2D eigenvalue weighted by Gasteiger charge is 2.30. The lowest BCUT2D eigenvalue weighted by Crippen LogP contribution is -2.55. The van der Waals surface area contributed by atoms with Gasteiger partial charge < -0.3 is 36.2 Å². The zero-order chi connectivity index (χ0) is 26.1. The summed E-state index contributed by atoms with van der Waals surface area (Å²) in [6, 6.07) is 1.96. The van der Waals surface area contributed by atoms with E-state index in [9.17, 15) is 29.1 Å². The van der Waals surface area contributed by atoms with E-state index in [1.165, 1.54) is 25.1 Å². The van der Waals surface area contributed by atoms with E-state index in [-0.39, 0.29) is 24.7 Å². The molecule has 6 N–H and O–H groups in total. The Bertz CT molecular complexity index is 976. The Hall–Kier alpha value is -4.09. The standard InChI is InChI=1S/C23H30N4O8/c1-12(2)19-21(31)26-17(10-14-4-7-16(28)8-5-14)22(32)35-11-15(6-9-18(29)27-19)25-20(30)13(3)24-23(33)34/h4-9,12-13,15,17,19,24,28H,10-11H2,1-3H3,(H,25,30)(H,26,31)(H,27,29)(H,33,34)/b9-6+/t13?,15-,17+,19+/m1/s1. The number of rotatable bonds is 6. The van der Waals surface area contributed by atoms with Crippen LogP contribution >= 0.6 is 0 Å². The van der Waals surface area contributed by atoms with E-state index in [2.05, 4.69) is 16.0 Å². The molecule has 0 saturated heterocycles. The number of amides is 4. The molecular weight excluding hydrogens is 460 g/mol. The van der Waals surface area contributed by atoms with Crippen molar-refractivity contribution in [1.29, 1.82) is 0 Å². The number of nitrogens with one attached hydrogen (secondary N) is 4. The summed E-state index contributed by atoms with van der Waals surface area (Å²) in [5.41, 5.74) is 0.639. The average molecular weight is 491 g/mol. The summed E-state index contributed by atoms with van der Waals surface area (Å²) in [5.74, 6) is -2.90. The van der Waals surface area contributed by atoms with E-state index >= 15 is 0 Å². The summed E-state index contributed by atoms with van der Waals surface area (Å²) in [6.45, 7) is 4.42. The van der Waals surface area contributed by atoms with E-state index in [0.717, 1.165) is 6.08 Å². The smallest absolute Gasteiger partial charge is 0.405 e. The van der Waals surface area contributed by atoms with Gasteiger partial charge in [0.05, 0.1) is 6.04 Å². The van der Waals surface area contributed by atoms with Gasteiger partial charge in [0.15, 0.2) is 0 Å². The lowest BCUT2D eigenvalue weighted by atomic mass is 10.0. The molecule has 0 radical (unpaired) electrons. The topological polar surface area (TPSA) is 183 Å². The molecule has 1 aromatic rings. The SMILES string of the molecule is CC(NC(=O)O)C(=O)N[C@@H]1/C=C/C(=O)N[C@@H](C(C)C)C(=O)N[C@@H](Cc2ccc(O)cc2)C(=O)OC1. The third-order valence-electron chi connectivity index (χ3n) is 5.17. The molecule has 0 saturated carbocycles. The monoisotopic (exact) mass is 490 g/mol. The van der Waals surface area contributed by atoms with Crippen molar-refractivity contribution >= 4 is 29.8 Å². The van der Waals surface area contributed by atoms with Crippen LogP contribution in [0, 0.1) is 5.92 Å². The maximum Gasteiger partial charge on any atom is 0.405 e. The maximum absolute atomic E-state index is 12.9. The molecule has 0 spiro atoms. The summed E-state index contributed by atoms with van der Waals surface area (Å²) < 4.78 is 5.34. The largest absolute Gasteiger partial charge is 0.508 e. The van der Waals surface area contributed by atoms with Gasteiger partial charge in [-0.15, -0.1) is 0 Å². The molecule has 0 aromatic heterocycles. The predicted octanol–water partition coefficient (Wildman–Crippen LogP) is -0.186. The van der Waals surface area contributed by atoms with Crippen LogP contribution < -0.4 is 21.3 Å². The molecule has 0 bridgehead atoms. The van der Waals surface area contributed by atoms with E-state index in [1.807, 2.05) is 5.32 Å². The van der Waals surface area contributed by atoms with Crippen LogP contribution in [0.3, 0.4) is 0 Å². The number of phenols is 1. The fourth-order valence-corrected chi connectivity index (χ4v) is 3.24. The van der Waals surface area contributed by atoms with Crippen molar-refractivity contribution in [1.82, 2.24) is 21.3 Å². The van der Waals surface area contributed by atoms with Crippen LogP contribution in [0.2, 0.25) is 0 Å². The number of carboxylic acid groups (broad SMARTS) is 1. The molecule has 0 fully saturated rings. The number of hydrogen-bond acceptors (Lipinski definition) is 7. The molecule has 4 atom stereocenters. The lowest BCUT2D eigenvalue weighted by molar-refractivity contribution is -0.149. The Morgan fingerprint density at radius 2 is 1.77 bits per heavy atom. The number of aromatic hydroxyl groups is 1. The molecule has 190 valence electrons. The van der Waals surface area contributed by atoms with E-state index in [0.29, 0.717) is 5.56 Å². The molecule has 0 aliphatic carbocycles. The van der Waals surface area contributed by atoms with Gasteiger partial charge in [0.1, 0.15) is 30.5 Å². The van der Waals surface area contributed by atoms with Gasteiger partial charge in [-0.05, 0) is 30.5 Å². The van der Waals surface area contributed by atoms with Crippen molar-refractivity contribution < 1.29 is 38.9 Å². The highest BCUT2D eigenvalue weighted by molar-refractivity contribution is 5.94. The second-order valence-corrected chi connectivity index (χ2v) is 8.44. The van der Waals surface area contributed by atoms with Crippen molar-refractivity contribution in [2.45, 2.75) is 51.4 Å². The van der Waals surface area contributed by atoms with Gasteiger partial charge in [-0.3, -0.25) is 14.4 Å². The third-order valence-corrected chi connectivity index (χ3v) is 5.17. The maximum atomic E-state index is 12.9. The summed E-state index contributed by atoms with van der Waals surface area (Å²) in [7, 11) is 0. The molecular formula is C23H30N4O8. The molecule has 12 heteroatoms.